The number of carbonyl (C=O) groups is 1. The molecule has 0 fully saturated rings. The van der Waals surface area contributed by atoms with Gasteiger partial charge in [-0.2, -0.15) is 23.3 Å². The highest BCUT2D eigenvalue weighted by Gasteiger charge is 2.52. The van der Waals surface area contributed by atoms with Crippen molar-refractivity contribution in [2.75, 3.05) is 0 Å². The molecule has 5 nitrogen and oxygen atoms in total. The zero-order chi connectivity index (χ0) is 18.1. The lowest BCUT2D eigenvalue weighted by atomic mass is 9.97. The molecule has 1 aromatic carbocycles. The number of alkyl halides is 3. The fraction of sp³-hybridized carbons (Fsp3) is 0.235. The van der Waals surface area contributed by atoms with Crippen molar-refractivity contribution in [3.8, 4) is 0 Å². The first-order valence-electron chi connectivity index (χ1n) is 7.45. The second-order valence-corrected chi connectivity index (χ2v) is 5.64. The summed E-state index contributed by atoms with van der Waals surface area (Å²) < 4.78 is 39.3. The summed E-state index contributed by atoms with van der Waals surface area (Å²) in [7, 11) is 0. The molecule has 2 aromatic rings. The van der Waals surface area contributed by atoms with E-state index < -0.39 is 29.9 Å². The molecule has 130 valence electrons. The molecule has 8 heteroatoms. The molecule has 1 aliphatic rings. The van der Waals surface area contributed by atoms with Crippen LogP contribution in [0.15, 0.2) is 60.0 Å². The van der Waals surface area contributed by atoms with Crippen LogP contribution < -0.4 is 0 Å². The van der Waals surface area contributed by atoms with Gasteiger partial charge >= 0.3 is 6.18 Å². The van der Waals surface area contributed by atoms with E-state index in [2.05, 4.69) is 10.1 Å². The Hall–Kier alpha value is -2.74. The van der Waals surface area contributed by atoms with E-state index in [1.165, 1.54) is 24.5 Å². The minimum Gasteiger partial charge on any atom is -0.365 e. The molecule has 0 aliphatic carbocycles. The van der Waals surface area contributed by atoms with Crippen molar-refractivity contribution in [1.29, 1.82) is 0 Å². The molecule has 1 amide bonds. The van der Waals surface area contributed by atoms with Crippen LogP contribution in [0.2, 0.25) is 0 Å². The zero-order valence-electron chi connectivity index (χ0n) is 12.9. The van der Waals surface area contributed by atoms with Crippen molar-refractivity contribution < 1.29 is 23.1 Å². The Morgan fingerprint density at radius 3 is 2.40 bits per heavy atom. The number of pyridine rings is 1. The zero-order valence-corrected chi connectivity index (χ0v) is 12.9. The largest absolute Gasteiger partial charge is 0.431 e. The third kappa shape index (κ3) is 3.39. The predicted molar refractivity (Wildman–Crippen MR) is 83.2 cm³/mol. The van der Waals surface area contributed by atoms with E-state index in [0.717, 1.165) is 0 Å². The van der Waals surface area contributed by atoms with E-state index in [9.17, 15) is 23.1 Å². The Morgan fingerprint density at radius 2 is 1.80 bits per heavy atom. The van der Waals surface area contributed by atoms with Crippen LogP contribution >= 0.6 is 0 Å². The molecule has 3 rings (SSSR count). The first kappa shape index (κ1) is 17.1. The van der Waals surface area contributed by atoms with Crippen molar-refractivity contribution in [3.63, 3.8) is 0 Å². The lowest BCUT2D eigenvalue weighted by molar-refractivity contribution is -0.157. The molecular formula is C17H14F3N3O2. The minimum absolute atomic E-state index is 0.118. The van der Waals surface area contributed by atoms with E-state index in [-0.39, 0.29) is 12.0 Å². The van der Waals surface area contributed by atoms with Gasteiger partial charge in [0.15, 0.2) is 5.72 Å². The van der Waals surface area contributed by atoms with Gasteiger partial charge in [-0.3, -0.25) is 9.78 Å². The Labute approximate surface area is 141 Å². The fourth-order valence-corrected chi connectivity index (χ4v) is 2.65. The third-order valence-corrected chi connectivity index (χ3v) is 3.89. The quantitative estimate of drug-likeness (QED) is 0.926. The molecule has 0 saturated heterocycles. The maximum Gasteiger partial charge on any atom is 0.431 e. The van der Waals surface area contributed by atoms with Crippen molar-refractivity contribution in [2.24, 2.45) is 5.10 Å². The van der Waals surface area contributed by atoms with Crippen molar-refractivity contribution in [1.82, 2.24) is 9.99 Å². The number of hydrogen-bond donors (Lipinski definition) is 1. The molecular weight excluding hydrogens is 335 g/mol. The van der Waals surface area contributed by atoms with Gasteiger partial charge in [-0.1, -0.05) is 30.3 Å². The van der Waals surface area contributed by atoms with E-state index in [1.807, 2.05) is 0 Å². The molecule has 0 radical (unpaired) electrons. The lowest BCUT2D eigenvalue weighted by Crippen LogP contribution is -2.44. The van der Waals surface area contributed by atoms with Crippen LogP contribution in [-0.2, 0) is 16.9 Å². The van der Waals surface area contributed by atoms with E-state index >= 15 is 0 Å². The average molecular weight is 349 g/mol. The Kier molecular flexibility index (Phi) is 4.30. The SMILES string of the molecule is O=C(Cc1ccccc1)N1N=C(C(F)(F)F)C[C@@]1(O)c1ccncc1. The van der Waals surface area contributed by atoms with Crippen molar-refractivity contribution in [2.45, 2.75) is 24.7 Å². The number of amides is 1. The molecule has 1 aliphatic heterocycles. The molecule has 1 aromatic heterocycles. The molecule has 1 N–H and O–H groups in total. The van der Waals surface area contributed by atoms with Gasteiger partial charge in [-0.15, -0.1) is 0 Å². The van der Waals surface area contributed by atoms with E-state index in [0.29, 0.717) is 10.6 Å². The number of hydrazone groups is 1. The summed E-state index contributed by atoms with van der Waals surface area (Å²) in [4.78, 5) is 16.3. The van der Waals surface area contributed by atoms with Crippen LogP contribution in [0.25, 0.3) is 0 Å². The lowest BCUT2D eigenvalue weighted by Gasteiger charge is -2.31. The van der Waals surface area contributed by atoms with Gasteiger partial charge < -0.3 is 5.11 Å². The minimum atomic E-state index is -4.73. The molecule has 2 heterocycles. The standard InChI is InChI=1S/C17H14F3N3O2/c18-17(19,20)14-11-16(25,13-6-8-21-9-7-13)23(22-14)15(24)10-12-4-2-1-3-5-12/h1-9,25H,10-11H2/t16-/m1/s1. The summed E-state index contributed by atoms with van der Waals surface area (Å²) in [5.74, 6) is -0.732. The Morgan fingerprint density at radius 1 is 1.16 bits per heavy atom. The van der Waals surface area contributed by atoms with Crippen LogP contribution in [0.1, 0.15) is 17.5 Å². The van der Waals surface area contributed by atoms with Crippen LogP contribution in [0.3, 0.4) is 0 Å². The maximum atomic E-state index is 13.1. The second-order valence-electron chi connectivity index (χ2n) is 5.64. The molecule has 0 spiro atoms. The van der Waals surface area contributed by atoms with Crippen molar-refractivity contribution >= 4 is 11.6 Å². The number of aliphatic hydroxyl groups is 1. The van der Waals surface area contributed by atoms with Gasteiger partial charge in [0.25, 0.3) is 0 Å². The summed E-state index contributed by atoms with van der Waals surface area (Å²) >= 11 is 0. The smallest absolute Gasteiger partial charge is 0.365 e. The number of benzene rings is 1. The molecule has 0 bridgehead atoms. The molecule has 0 saturated carbocycles. The molecule has 25 heavy (non-hydrogen) atoms. The van der Waals surface area contributed by atoms with Gasteiger partial charge in [0.2, 0.25) is 5.91 Å². The first-order chi connectivity index (χ1) is 11.8. The molecule has 0 unspecified atom stereocenters. The van der Waals surface area contributed by atoms with Gasteiger partial charge in [0, 0.05) is 18.0 Å². The first-order valence-corrected chi connectivity index (χ1v) is 7.45. The highest BCUT2D eigenvalue weighted by molar-refractivity contribution is 5.94. The second kappa shape index (κ2) is 6.29. The number of hydrogen-bond acceptors (Lipinski definition) is 4. The topological polar surface area (TPSA) is 65.8 Å². The van der Waals surface area contributed by atoms with Gasteiger partial charge in [0.1, 0.15) is 5.71 Å². The van der Waals surface area contributed by atoms with Gasteiger partial charge in [0.05, 0.1) is 12.8 Å². The van der Waals surface area contributed by atoms with E-state index in [4.69, 9.17) is 0 Å². The normalized spacial score (nSPS) is 20.5. The van der Waals surface area contributed by atoms with Crippen LogP contribution in [0.4, 0.5) is 13.2 Å². The summed E-state index contributed by atoms with van der Waals surface area (Å²) in [6.07, 6.45) is -3.08. The monoisotopic (exact) mass is 349 g/mol. The number of halogens is 3. The number of rotatable bonds is 3. The predicted octanol–water partition coefficient (Wildman–Crippen LogP) is 2.62. The van der Waals surface area contributed by atoms with Crippen molar-refractivity contribution in [3.05, 3.63) is 66.0 Å². The summed E-state index contributed by atoms with van der Waals surface area (Å²) in [6, 6.07) is 11.3. The molecule has 1 atom stereocenters. The third-order valence-electron chi connectivity index (χ3n) is 3.89. The average Bonchev–Trinajstić information content (AvgIpc) is 2.96. The number of aromatic nitrogens is 1. The van der Waals surface area contributed by atoms with Crippen LogP contribution in [-0.4, -0.2) is 32.9 Å². The summed E-state index contributed by atoms with van der Waals surface area (Å²) in [5.41, 5.74) is -2.67. The number of nitrogens with zero attached hydrogens (tertiary/aromatic N) is 3. The fourth-order valence-electron chi connectivity index (χ4n) is 2.65. The summed E-state index contributed by atoms with van der Waals surface area (Å²) in [6.45, 7) is 0. The van der Waals surface area contributed by atoms with Gasteiger partial charge in [-0.25, -0.2) is 0 Å². The highest BCUT2D eigenvalue weighted by Crippen LogP contribution is 2.39. The van der Waals surface area contributed by atoms with Crippen LogP contribution in [0, 0.1) is 0 Å². The summed E-state index contributed by atoms with van der Waals surface area (Å²) in [5, 5.41) is 14.8. The Bertz CT molecular complexity index is 794. The van der Waals surface area contributed by atoms with Crippen LogP contribution in [0.5, 0.6) is 0 Å². The Balaban J connectivity index is 1.96. The number of carbonyl (C=O) groups excluding carboxylic acids is 1. The maximum absolute atomic E-state index is 13.1. The van der Waals surface area contributed by atoms with Gasteiger partial charge in [-0.05, 0) is 17.7 Å². The van der Waals surface area contributed by atoms with E-state index in [1.54, 1.807) is 30.3 Å². The highest BCUT2D eigenvalue weighted by atomic mass is 19.4.